The fourth-order valence-corrected chi connectivity index (χ4v) is 3.04. The Balaban J connectivity index is 1.81. The molecule has 2 rings (SSSR count). The van der Waals surface area contributed by atoms with Crippen LogP contribution in [0, 0.1) is 9.49 Å². The van der Waals surface area contributed by atoms with Crippen LogP contribution in [0.25, 0.3) is 0 Å². The third-order valence-electron chi connectivity index (χ3n) is 3.93. The molecule has 1 aromatic carbocycles. The zero-order valence-electron chi connectivity index (χ0n) is 11.4. The summed E-state index contributed by atoms with van der Waals surface area (Å²) in [6.07, 6.45) is 6.30. The number of benzene rings is 1. The summed E-state index contributed by atoms with van der Waals surface area (Å²) in [6.45, 7) is 2.46. The number of carbonyl (C=O) groups is 1. The second-order valence-corrected chi connectivity index (χ2v) is 6.55. The van der Waals surface area contributed by atoms with Gasteiger partial charge in [-0.3, -0.25) is 4.79 Å². The Hall–Kier alpha value is -0.420. The molecule has 19 heavy (non-hydrogen) atoms. The van der Waals surface area contributed by atoms with E-state index in [0.717, 1.165) is 27.9 Å². The van der Waals surface area contributed by atoms with Gasteiger partial charge in [-0.15, -0.1) is 0 Å². The molecule has 0 amide bonds. The van der Waals surface area contributed by atoms with Crippen LogP contribution in [0.4, 0.5) is 0 Å². The van der Waals surface area contributed by atoms with Crippen molar-refractivity contribution in [2.24, 2.45) is 5.92 Å². The first-order chi connectivity index (χ1) is 9.19. The minimum Gasteiger partial charge on any atom is -0.370 e. The summed E-state index contributed by atoms with van der Waals surface area (Å²) in [7, 11) is 0. The second-order valence-electron chi connectivity index (χ2n) is 5.30. The number of hydrogen-bond donors (Lipinski definition) is 0. The predicted octanol–water partition coefficient (Wildman–Crippen LogP) is 4.46. The Labute approximate surface area is 129 Å². The van der Waals surface area contributed by atoms with Gasteiger partial charge in [-0.05, 0) is 53.5 Å². The lowest BCUT2D eigenvalue weighted by Gasteiger charge is -2.28. The molecule has 0 bridgehead atoms. The van der Waals surface area contributed by atoms with Crippen LogP contribution < -0.4 is 0 Å². The third-order valence-corrected chi connectivity index (χ3v) is 4.65. The maximum atomic E-state index is 12.0. The van der Waals surface area contributed by atoms with Crippen LogP contribution in [-0.2, 0) is 4.74 Å². The van der Waals surface area contributed by atoms with Crippen LogP contribution in [0.5, 0.6) is 0 Å². The number of ketones is 1. The van der Waals surface area contributed by atoms with E-state index < -0.39 is 0 Å². The molecule has 1 saturated carbocycles. The average molecular weight is 372 g/mol. The molecule has 2 atom stereocenters. The molecule has 2 unspecified atom stereocenters. The number of rotatable bonds is 5. The number of halogens is 1. The molecule has 104 valence electrons. The van der Waals surface area contributed by atoms with Crippen molar-refractivity contribution in [1.29, 1.82) is 0 Å². The van der Waals surface area contributed by atoms with Gasteiger partial charge in [0.15, 0.2) is 5.78 Å². The smallest absolute Gasteiger partial charge is 0.188 e. The first kappa shape index (κ1) is 15.0. The zero-order valence-corrected chi connectivity index (χ0v) is 13.6. The number of carbonyl (C=O) groups excluding carboxylic acids is 1. The topological polar surface area (TPSA) is 26.3 Å². The molecule has 0 spiro atoms. The molecule has 1 aliphatic rings. The van der Waals surface area contributed by atoms with Crippen molar-refractivity contribution in [1.82, 2.24) is 0 Å². The van der Waals surface area contributed by atoms with Gasteiger partial charge >= 0.3 is 0 Å². The first-order valence-electron chi connectivity index (χ1n) is 7.09. The minimum atomic E-state index is 0.0926. The second kappa shape index (κ2) is 7.39. The van der Waals surface area contributed by atoms with E-state index in [0.29, 0.717) is 0 Å². The van der Waals surface area contributed by atoms with Gasteiger partial charge in [0.05, 0.1) is 6.10 Å². The highest BCUT2D eigenvalue weighted by Gasteiger charge is 2.22. The van der Waals surface area contributed by atoms with Gasteiger partial charge in [0, 0.05) is 9.13 Å². The highest BCUT2D eigenvalue weighted by molar-refractivity contribution is 14.1. The van der Waals surface area contributed by atoms with Gasteiger partial charge in [-0.2, -0.15) is 0 Å². The van der Waals surface area contributed by atoms with E-state index in [9.17, 15) is 4.79 Å². The predicted molar refractivity (Wildman–Crippen MR) is 85.5 cm³/mol. The number of ether oxygens (including phenoxy) is 1. The zero-order chi connectivity index (χ0) is 13.7. The summed E-state index contributed by atoms with van der Waals surface area (Å²) < 4.78 is 6.96. The van der Waals surface area contributed by atoms with E-state index in [4.69, 9.17) is 4.74 Å². The maximum Gasteiger partial charge on any atom is 0.188 e. The maximum absolute atomic E-state index is 12.0. The summed E-state index contributed by atoms with van der Waals surface area (Å²) in [4.78, 5) is 12.0. The molecule has 0 saturated heterocycles. The molecule has 1 fully saturated rings. The van der Waals surface area contributed by atoms with E-state index in [1.165, 1.54) is 19.3 Å². The Kier molecular flexibility index (Phi) is 5.82. The Morgan fingerprint density at radius 1 is 1.32 bits per heavy atom. The van der Waals surface area contributed by atoms with E-state index >= 15 is 0 Å². The SMILES string of the molecule is CCC1CCCC(OCC(=O)c2ccc(I)cc2)C1. The van der Waals surface area contributed by atoms with Crippen molar-refractivity contribution < 1.29 is 9.53 Å². The lowest BCUT2D eigenvalue weighted by atomic mass is 9.85. The molecule has 2 nitrogen and oxygen atoms in total. The van der Waals surface area contributed by atoms with Crippen LogP contribution in [0.3, 0.4) is 0 Å². The Morgan fingerprint density at radius 3 is 2.74 bits per heavy atom. The average Bonchev–Trinajstić information content (AvgIpc) is 2.46. The highest BCUT2D eigenvalue weighted by Crippen LogP contribution is 2.28. The summed E-state index contributed by atoms with van der Waals surface area (Å²) in [5, 5.41) is 0. The highest BCUT2D eigenvalue weighted by atomic mass is 127. The van der Waals surface area contributed by atoms with Gasteiger partial charge in [0.2, 0.25) is 0 Å². The molecule has 3 heteroatoms. The first-order valence-corrected chi connectivity index (χ1v) is 8.17. The number of Topliss-reactive ketones (excluding diaryl/α,β-unsaturated/α-hetero) is 1. The molecular formula is C16H21IO2. The van der Waals surface area contributed by atoms with Crippen molar-refractivity contribution in [3.8, 4) is 0 Å². The van der Waals surface area contributed by atoms with E-state index in [2.05, 4.69) is 29.5 Å². The fourth-order valence-electron chi connectivity index (χ4n) is 2.68. The lowest BCUT2D eigenvalue weighted by molar-refractivity contribution is 0.0156. The summed E-state index contributed by atoms with van der Waals surface area (Å²) >= 11 is 2.24. The number of hydrogen-bond acceptors (Lipinski definition) is 2. The van der Waals surface area contributed by atoms with Gasteiger partial charge in [-0.25, -0.2) is 0 Å². The molecule has 0 heterocycles. The van der Waals surface area contributed by atoms with Crippen LogP contribution in [-0.4, -0.2) is 18.5 Å². The van der Waals surface area contributed by atoms with Crippen molar-refractivity contribution in [3.63, 3.8) is 0 Å². The quantitative estimate of drug-likeness (QED) is 0.564. The molecule has 1 aromatic rings. The largest absolute Gasteiger partial charge is 0.370 e. The van der Waals surface area contributed by atoms with E-state index in [1.807, 2.05) is 24.3 Å². The van der Waals surface area contributed by atoms with Crippen LogP contribution in [0.1, 0.15) is 49.4 Å². The molecule has 1 aliphatic carbocycles. The van der Waals surface area contributed by atoms with Crippen molar-refractivity contribution in [2.45, 2.75) is 45.1 Å². The third kappa shape index (κ3) is 4.56. The molecule has 0 aliphatic heterocycles. The van der Waals surface area contributed by atoms with Gasteiger partial charge < -0.3 is 4.74 Å². The van der Waals surface area contributed by atoms with Crippen LogP contribution in [0.15, 0.2) is 24.3 Å². The Morgan fingerprint density at radius 2 is 2.05 bits per heavy atom. The standard InChI is InChI=1S/C16H21IO2/c1-2-12-4-3-5-15(10-12)19-11-16(18)13-6-8-14(17)9-7-13/h6-9,12,15H,2-5,10-11H2,1H3. The summed E-state index contributed by atoms with van der Waals surface area (Å²) in [6, 6.07) is 7.68. The molecule has 0 N–H and O–H groups in total. The van der Waals surface area contributed by atoms with Crippen molar-refractivity contribution >= 4 is 28.4 Å². The van der Waals surface area contributed by atoms with Gasteiger partial charge in [0.1, 0.15) is 6.61 Å². The van der Waals surface area contributed by atoms with Crippen molar-refractivity contribution in [3.05, 3.63) is 33.4 Å². The minimum absolute atomic E-state index is 0.0926. The van der Waals surface area contributed by atoms with E-state index in [1.54, 1.807) is 0 Å². The van der Waals surface area contributed by atoms with E-state index in [-0.39, 0.29) is 18.5 Å². The Bertz CT molecular complexity index is 413. The fraction of sp³-hybridized carbons (Fsp3) is 0.562. The van der Waals surface area contributed by atoms with Gasteiger partial charge in [-0.1, -0.05) is 38.3 Å². The van der Waals surface area contributed by atoms with Crippen molar-refractivity contribution in [2.75, 3.05) is 6.61 Å². The normalized spacial score (nSPS) is 23.3. The molecule has 0 aromatic heterocycles. The monoisotopic (exact) mass is 372 g/mol. The summed E-state index contributed by atoms with van der Waals surface area (Å²) in [5.41, 5.74) is 0.753. The van der Waals surface area contributed by atoms with Crippen LogP contribution >= 0.6 is 22.6 Å². The summed E-state index contributed by atoms with van der Waals surface area (Å²) in [5.74, 6) is 0.877. The van der Waals surface area contributed by atoms with Gasteiger partial charge in [0.25, 0.3) is 0 Å². The molecule has 0 radical (unpaired) electrons. The molecular weight excluding hydrogens is 351 g/mol. The van der Waals surface area contributed by atoms with Crippen LogP contribution in [0.2, 0.25) is 0 Å². The lowest BCUT2D eigenvalue weighted by Crippen LogP contribution is -2.25.